The first-order chi connectivity index (χ1) is 15.4. The number of benzene rings is 1. The normalized spacial score (nSPS) is 22.8. The van der Waals surface area contributed by atoms with Crippen molar-refractivity contribution in [3.63, 3.8) is 0 Å². The van der Waals surface area contributed by atoms with Gasteiger partial charge in [-0.2, -0.15) is 10.4 Å². The number of nitrogens with one attached hydrogen (secondary N) is 2. The molecule has 0 bridgehead atoms. The monoisotopic (exact) mass is 454 g/mol. The van der Waals surface area contributed by atoms with Crippen LogP contribution in [0.1, 0.15) is 60.9 Å². The molecule has 32 heavy (non-hydrogen) atoms. The molecule has 9 heteroatoms. The molecular formula is C23H27ClN6O2. The number of nitrogens with two attached hydrogens (primary N) is 1. The largest absolute Gasteiger partial charge is 0.365 e. The number of amides is 2. The first-order valence-corrected chi connectivity index (χ1v) is 11.3. The number of anilines is 1. The zero-order valence-electron chi connectivity index (χ0n) is 17.8. The van der Waals surface area contributed by atoms with Gasteiger partial charge in [0.15, 0.2) is 5.82 Å². The van der Waals surface area contributed by atoms with Gasteiger partial charge in [-0.25, -0.2) is 0 Å². The SMILES string of the molecule is N#CCC1(n2cc(C(N)=O)c(NC(=O)C3CC3)n2)CCC(NCc2ccccc2Cl)CC1. The van der Waals surface area contributed by atoms with Crippen molar-refractivity contribution < 1.29 is 9.59 Å². The van der Waals surface area contributed by atoms with Crippen molar-refractivity contribution in [1.82, 2.24) is 15.1 Å². The zero-order chi connectivity index (χ0) is 22.7. The molecule has 8 nitrogen and oxygen atoms in total. The third-order valence-electron chi connectivity index (χ3n) is 6.52. The number of rotatable bonds is 8. The Morgan fingerprint density at radius 3 is 2.59 bits per heavy atom. The summed E-state index contributed by atoms with van der Waals surface area (Å²) in [5.74, 6) is -0.622. The minimum absolute atomic E-state index is 0.0198. The van der Waals surface area contributed by atoms with Crippen molar-refractivity contribution in [3.05, 3.63) is 46.6 Å². The number of carbonyl (C=O) groups is 2. The number of carbonyl (C=O) groups excluding carboxylic acids is 2. The zero-order valence-corrected chi connectivity index (χ0v) is 18.6. The summed E-state index contributed by atoms with van der Waals surface area (Å²) in [5.41, 5.74) is 6.23. The number of halogens is 1. The summed E-state index contributed by atoms with van der Waals surface area (Å²) in [6.07, 6.45) is 6.68. The molecule has 2 aliphatic rings. The molecule has 2 aromatic rings. The molecule has 0 spiro atoms. The highest BCUT2D eigenvalue weighted by atomic mass is 35.5. The number of aromatic nitrogens is 2. The smallest absolute Gasteiger partial charge is 0.254 e. The van der Waals surface area contributed by atoms with Crippen molar-refractivity contribution >= 4 is 29.2 Å². The molecule has 0 aliphatic heterocycles. The Balaban J connectivity index is 1.47. The van der Waals surface area contributed by atoms with Gasteiger partial charge in [-0.05, 0) is 50.2 Å². The van der Waals surface area contributed by atoms with Crippen LogP contribution in [-0.4, -0.2) is 27.6 Å². The topological polar surface area (TPSA) is 126 Å². The quantitative estimate of drug-likeness (QED) is 0.564. The molecule has 1 aromatic carbocycles. The van der Waals surface area contributed by atoms with Gasteiger partial charge in [0.25, 0.3) is 5.91 Å². The lowest BCUT2D eigenvalue weighted by molar-refractivity contribution is -0.117. The van der Waals surface area contributed by atoms with Crippen molar-refractivity contribution in [2.24, 2.45) is 11.7 Å². The van der Waals surface area contributed by atoms with Gasteiger partial charge in [0.1, 0.15) is 5.56 Å². The van der Waals surface area contributed by atoms with E-state index in [0.717, 1.165) is 49.1 Å². The maximum Gasteiger partial charge on any atom is 0.254 e. The number of nitrogens with zero attached hydrogens (tertiary/aromatic N) is 3. The maximum absolute atomic E-state index is 12.2. The van der Waals surface area contributed by atoms with E-state index in [2.05, 4.69) is 21.8 Å². The molecule has 0 radical (unpaired) electrons. The molecular weight excluding hydrogens is 428 g/mol. The van der Waals surface area contributed by atoms with Gasteiger partial charge in [-0.15, -0.1) is 0 Å². The van der Waals surface area contributed by atoms with Crippen molar-refractivity contribution in [2.75, 3.05) is 5.32 Å². The third-order valence-corrected chi connectivity index (χ3v) is 6.89. The molecule has 4 N–H and O–H groups in total. The van der Waals surface area contributed by atoms with E-state index in [1.165, 1.54) is 0 Å². The van der Waals surface area contributed by atoms with Gasteiger partial charge in [0.05, 0.1) is 18.0 Å². The number of nitriles is 1. The van der Waals surface area contributed by atoms with Gasteiger partial charge < -0.3 is 16.4 Å². The molecule has 1 heterocycles. The lowest BCUT2D eigenvalue weighted by Crippen LogP contribution is -2.43. The Hall–Kier alpha value is -2.89. The molecule has 0 unspecified atom stereocenters. The Labute approximate surface area is 192 Å². The van der Waals surface area contributed by atoms with E-state index in [9.17, 15) is 14.9 Å². The van der Waals surface area contributed by atoms with Crippen LogP contribution in [0.2, 0.25) is 5.02 Å². The third kappa shape index (κ3) is 4.79. The summed E-state index contributed by atoms with van der Waals surface area (Å²) < 4.78 is 1.68. The lowest BCUT2D eigenvalue weighted by Gasteiger charge is -2.39. The van der Waals surface area contributed by atoms with E-state index in [-0.39, 0.29) is 29.6 Å². The fourth-order valence-corrected chi connectivity index (χ4v) is 4.55. The summed E-state index contributed by atoms with van der Waals surface area (Å²) in [5, 5.41) is 21.1. The highest BCUT2D eigenvalue weighted by Gasteiger charge is 2.39. The van der Waals surface area contributed by atoms with Crippen LogP contribution in [0.15, 0.2) is 30.5 Å². The molecule has 2 saturated carbocycles. The first-order valence-electron chi connectivity index (χ1n) is 11.0. The molecule has 168 valence electrons. The van der Waals surface area contributed by atoms with Crippen LogP contribution in [0, 0.1) is 17.2 Å². The summed E-state index contributed by atoms with van der Waals surface area (Å²) in [4.78, 5) is 24.2. The Bertz CT molecular complexity index is 1050. The van der Waals surface area contributed by atoms with Crippen LogP contribution < -0.4 is 16.4 Å². The van der Waals surface area contributed by atoms with E-state index in [0.29, 0.717) is 12.6 Å². The van der Waals surface area contributed by atoms with E-state index in [1.807, 2.05) is 24.3 Å². The fraction of sp³-hybridized carbons (Fsp3) is 0.478. The second-order valence-corrected chi connectivity index (χ2v) is 9.18. The molecule has 2 amide bonds. The van der Waals surface area contributed by atoms with Gasteiger partial charge in [-0.3, -0.25) is 14.3 Å². The van der Waals surface area contributed by atoms with E-state index in [1.54, 1.807) is 10.9 Å². The average Bonchev–Trinajstić information content (AvgIpc) is 3.54. The van der Waals surface area contributed by atoms with E-state index >= 15 is 0 Å². The summed E-state index contributed by atoms with van der Waals surface area (Å²) in [6, 6.07) is 10.3. The predicted molar refractivity (Wildman–Crippen MR) is 121 cm³/mol. The van der Waals surface area contributed by atoms with Crippen molar-refractivity contribution in [1.29, 1.82) is 5.26 Å². The summed E-state index contributed by atoms with van der Waals surface area (Å²) in [6.45, 7) is 0.681. The lowest BCUT2D eigenvalue weighted by atomic mass is 9.77. The fourth-order valence-electron chi connectivity index (χ4n) is 4.34. The van der Waals surface area contributed by atoms with Crippen LogP contribution in [0.5, 0.6) is 0 Å². The second kappa shape index (κ2) is 9.31. The number of primary amides is 1. The van der Waals surface area contributed by atoms with Crippen molar-refractivity contribution in [2.45, 2.75) is 63.1 Å². The predicted octanol–water partition coefficient (Wildman–Crippen LogP) is 3.33. The molecule has 4 rings (SSSR count). The maximum atomic E-state index is 12.2. The highest BCUT2D eigenvalue weighted by Crippen LogP contribution is 2.39. The molecule has 1 aromatic heterocycles. The van der Waals surface area contributed by atoms with Gasteiger partial charge in [-0.1, -0.05) is 29.8 Å². The van der Waals surface area contributed by atoms with E-state index < -0.39 is 11.4 Å². The van der Waals surface area contributed by atoms with Gasteiger partial charge in [0, 0.05) is 29.7 Å². The highest BCUT2D eigenvalue weighted by molar-refractivity contribution is 6.31. The molecule has 0 saturated heterocycles. The van der Waals surface area contributed by atoms with Gasteiger partial charge >= 0.3 is 0 Å². The minimum atomic E-state index is -0.649. The first kappa shape index (κ1) is 22.3. The summed E-state index contributed by atoms with van der Waals surface area (Å²) >= 11 is 6.26. The summed E-state index contributed by atoms with van der Waals surface area (Å²) in [7, 11) is 0. The molecule has 0 atom stereocenters. The van der Waals surface area contributed by atoms with Crippen LogP contribution in [-0.2, 0) is 16.9 Å². The van der Waals surface area contributed by atoms with Gasteiger partial charge in [0.2, 0.25) is 5.91 Å². The van der Waals surface area contributed by atoms with Crippen LogP contribution >= 0.6 is 11.6 Å². The van der Waals surface area contributed by atoms with Crippen LogP contribution in [0.3, 0.4) is 0 Å². The Morgan fingerprint density at radius 1 is 1.25 bits per heavy atom. The van der Waals surface area contributed by atoms with Crippen molar-refractivity contribution in [3.8, 4) is 6.07 Å². The Morgan fingerprint density at radius 2 is 1.97 bits per heavy atom. The standard InChI is InChI=1S/C23H27ClN6O2/c24-19-4-2-1-3-16(19)13-27-17-7-9-23(10-8-17,11-12-25)30-14-18(20(26)31)21(29-30)28-22(32)15-5-6-15/h1-4,14-15,17,27H,5-11,13H2,(H2,26,31)(H,28,29,32). The number of hydrogen-bond acceptors (Lipinski definition) is 5. The minimum Gasteiger partial charge on any atom is -0.365 e. The Kier molecular flexibility index (Phi) is 6.49. The number of hydrogen-bond donors (Lipinski definition) is 3. The van der Waals surface area contributed by atoms with Crippen LogP contribution in [0.4, 0.5) is 5.82 Å². The van der Waals surface area contributed by atoms with E-state index in [4.69, 9.17) is 17.3 Å². The van der Waals surface area contributed by atoms with Crippen LogP contribution in [0.25, 0.3) is 0 Å². The molecule has 2 fully saturated rings. The second-order valence-electron chi connectivity index (χ2n) is 8.77. The molecule has 2 aliphatic carbocycles. The average molecular weight is 455 g/mol.